The fourth-order valence-corrected chi connectivity index (χ4v) is 3.34. The van der Waals surface area contributed by atoms with Crippen LogP contribution >= 0.6 is 0 Å². The number of carbonyl (C=O) groups excluding carboxylic acids is 1. The van der Waals surface area contributed by atoms with Crippen molar-refractivity contribution in [3.05, 3.63) is 59.7 Å². The number of rotatable bonds is 3. The molecular formula is C20H23NO. The van der Waals surface area contributed by atoms with Crippen LogP contribution in [0.5, 0.6) is 0 Å². The van der Waals surface area contributed by atoms with Gasteiger partial charge in [0.05, 0.1) is 11.4 Å². The van der Waals surface area contributed by atoms with Crippen LogP contribution in [-0.2, 0) is 17.6 Å². The summed E-state index contributed by atoms with van der Waals surface area (Å²) in [5.41, 5.74) is 4.64. The second kappa shape index (κ2) is 6.35. The average Bonchev–Trinajstić information content (AvgIpc) is 2.72. The van der Waals surface area contributed by atoms with Crippen molar-refractivity contribution in [3.8, 4) is 0 Å². The molecule has 2 aromatic carbocycles. The van der Waals surface area contributed by atoms with Gasteiger partial charge < -0.3 is 0 Å². The minimum Gasteiger partial charge on any atom is -0.280 e. The Hall–Kier alpha value is -2.09. The van der Waals surface area contributed by atoms with E-state index in [-0.39, 0.29) is 11.8 Å². The quantitative estimate of drug-likeness (QED) is 0.789. The fourth-order valence-electron chi connectivity index (χ4n) is 3.34. The predicted molar refractivity (Wildman–Crippen MR) is 91.5 cm³/mol. The van der Waals surface area contributed by atoms with E-state index in [4.69, 9.17) is 0 Å². The largest absolute Gasteiger partial charge is 0.280 e. The molecule has 0 unspecified atom stereocenters. The van der Waals surface area contributed by atoms with Gasteiger partial charge in [-0.25, -0.2) is 0 Å². The lowest BCUT2D eigenvalue weighted by molar-refractivity contribution is -0.121. The van der Waals surface area contributed by atoms with E-state index in [1.165, 1.54) is 11.1 Å². The SMILES string of the molecule is CCC(CC)C(=O)N1c2ccccc2CCc2ccccc21. The van der Waals surface area contributed by atoms with E-state index in [9.17, 15) is 4.79 Å². The Morgan fingerprint density at radius 2 is 1.36 bits per heavy atom. The Bertz CT molecular complexity index is 625. The molecule has 0 N–H and O–H groups in total. The average molecular weight is 293 g/mol. The van der Waals surface area contributed by atoms with Crippen molar-refractivity contribution >= 4 is 17.3 Å². The van der Waals surface area contributed by atoms with Gasteiger partial charge in [0.25, 0.3) is 0 Å². The normalized spacial score (nSPS) is 13.5. The van der Waals surface area contributed by atoms with Gasteiger partial charge in [-0.05, 0) is 48.9 Å². The highest BCUT2D eigenvalue weighted by molar-refractivity contribution is 6.03. The van der Waals surface area contributed by atoms with Crippen LogP contribution in [0.1, 0.15) is 37.8 Å². The monoisotopic (exact) mass is 293 g/mol. The van der Waals surface area contributed by atoms with Crippen molar-refractivity contribution < 1.29 is 4.79 Å². The molecule has 0 radical (unpaired) electrons. The Morgan fingerprint density at radius 1 is 0.909 bits per heavy atom. The number of fused-ring (bicyclic) bond motifs is 2. The first-order valence-electron chi connectivity index (χ1n) is 8.26. The summed E-state index contributed by atoms with van der Waals surface area (Å²) in [6.07, 6.45) is 3.74. The molecule has 2 nitrogen and oxygen atoms in total. The van der Waals surface area contributed by atoms with Crippen molar-refractivity contribution in [2.24, 2.45) is 5.92 Å². The van der Waals surface area contributed by atoms with Gasteiger partial charge in [-0.15, -0.1) is 0 Å². The van der Waals surface area contributed by atoms with Crippen molar-refractivity contribution in [3.63, 3.8) is 0 Å². The summed E-state index contributed by atoms with van der Waals surface area (Å²) in [6.45, 7) is 4.20. The van der Waals surface area contributed by atoms with Gasteiger partial charge in [0.15, 0.2) is 0 Å². The number of hydrogen-bond acceptors (Lipinski definition) is 1. The third-order valence-corrected chi connectivity index (χ3v) is 4.68. The van der Waals surface area contributed by atoms with E-state index >= 15 is 0 Å². The lowest BCUT2D eigenvalue weighted by Gasteiger charge is -2.28. The maximum atomic E-state index is 13.2. The summed E-state index contributed by atoms with van der Waals surface area (Å²) in [5.74, 6) is 0.311. The van der Waals surface area contributed by atoms with Gasteiger partial charge in [-0.2, -0.15) is 0 Å². The molecule has 0 fully saturated rings. The van der Waals surface area contributed by atoms with Crippen molar-refractivity contribution in [1.82, 2.24) is 0 Å². The van der Waals surface area contributed by atoms with Gasteiger partial charge in [-0.3, -0.25) is 9.69 Å². The molecule has 0 saturated heterocycles. The number of amides is 1. The molecule has 114 valence electrons. The third kappa shape index (κ3) is 2.54. The highest BCUT2D eigenvalue weighted by atomic mass is 16.2. The number of hydrogen-bond donors (Lipinski definition) is 0. The van der Waals surface area contributed by atoms with E-state index < -0.39 is 0 Å². The van der Waals surface area contributed by atoms with Crippen LogP contribution in [0.4, 0.5) is 11.4 Å². The molecular weight excluding hydrogens is 270 g/mol. The molecule has 1 aliphatic rings. The van der Waals surface area contributed by atoms with Crippen LogP contribution in [-0.4, -0.2) is 5.91 Å². The zero-order valence-electron chi connectivity index (χ0n) is 13.4. The van der Waals surface area contributed by atoms with Crippen LogP contribution in [0, 0.1) is 5.92 Å². The Morgan fingerprint density at radius 3 is 1.82 bits per heavy atom. The molecule has 0 spiro atoms. The molecule has 2 heteroatoms. The smallest absolute Gasteiger partial charge is 0.234 e. The highest BCUT2D eigenvalue weighted by Gasteiger charge is 2.28. The standard InChI is InChI=1S/C20H23NO/c1-3-15(4-2)20(22)21-18-11-7-5-9-16(18)13-14-17-10-6-8-12-19(17)21/h5-12,15H,3-4,13-14H2,1-2H3. The van der Waals surface area contributed by atoms with Crippen LogP contribution < -0.4 is 4.90 Å². The predicted octanol–water partition coefficient (Wildman–Crippen LogP) is 4.89. The summed E-state index contributed by atoms with van der Waals surface area (Å²) >= 11 is 0. The van der Waals surface area contributed by atoms with Crippen LogP contribution in [0.3, 0.4) is 0 Å². The van der Waals surface area contributed by atoms with Crippen molar-refractivity contribution in [2.45, 2.75) is 39.5 Å². The molecule has 22 heavy (non-hydrogen) atoms. The summed E-state index contributed by atoms with van der Waals surface area (Å²) in [7, 11) is 0. The molecule has 0 atom stereocenters. The molecule has 0 saturated carbocycles. The molecule has 1 aliphatic heterocycles. The molecule has 0 aliphatic carbocycles. The molecule has 2 aromatic rings. The van der Waals surface area contributed by atoms with E-state index in [1.54, 1.807) is 0 Å². The number of para-hydroxylation sites is 2. The minimum atomic E-state index is 0.0826. The first kappa shape index (κ1) is 14.8. The number of carbonyl (C=O) groups is 1. The fraction of sp³-hybridized carbons (Fsp3) is 0.350. The number of aryl methyl sites for hydroxylation is 2. The summed E-state index contributed by atoms with van der Waals surface area (Å²) < 4.78 is 0. The number of benzene rings is 2. The maximum absolute atomic E-state index is 13.2. The van der Waals surface area contributed by atoms with Crippen molar-refractivity contribution in [1.29, 1.82) is 0 Å². The Kier molecular flexibility index (Phi) is 4.28. The lowest BCUT2D eigenvalue weighted by Crippen LogP contribution is -2.32. The minimum absolute atomic E-state index is 0.0826. The Labute approximate surface area is 132 Å². The molecule has 1 amide bonds. The molecule has 3 rings (SSSR count). The van der Waals surface area contributed by atoms with Gasteiger partial charge in [0, 0.05) is 5.92 Å². The van der Waals surface area contributed by atoms with E-state index in [0.717, 1.165) is 37.1 Å². The third-order valence-electron chi connectivity index (χ3n) is 4.68. The van der Waals surface area contributed by atoms with Crippen LogP contribution in [0.2, 0.25) is 0 Å². The first-order valence-corrected chi connectivity index (χ1v) is 8.26. The van der Waals surface area contributed by atoms with Crippen molar-refractivity contribution in [2.75, 3.05) is 4.90 Å². The number of nitrogens with zero attached hydrogens (tertiary/aromatic N) is 1. The molecule has 1 heterocycles. The number of anilines is 2. The highest BCUT2D eigenvalue weighted by Crippen LogP contribution is 2.37. The van der Waals surface area contributed by atoms with Crippen LogP contribution in [0.15, 0.2) is 48.5 Å². The van der Waals surface area contributed by atoms with Crippen LogP contribution in [0.25, 0.3) is 0 Å². The zero-order chi connectivity index (χ0) is 15.5. The van der Waals surface area contributed by atoms with E-state index in [2.05, 4.69) is 50.2 Å². The van der Waals surface area contributed by atoms with Gasteiger partial charge in [0.2, 0.25) is 5.91 Å². The van der Waals surface area contributed by atoms with E-state index in [1.807, 2.05) is 17.0 Å². The molecule has 0 aromatic heterocycles. The second-order valence-electron chi connectivity index (χ2n) is 5.94. The maximum Gasteiger partial charge on any atom is 0.234 e. The topological polar surface area (TPSA) is 20.3 Å². The summed E-state index contributed by atoms with van der Waals surface area (Å²) in [5, 5.41) is 0. The van der Waals surface area contributed by atoms with E-state index in [0.29, 0.717) is 0 Å². The zero-order valence-corrected chi connectivity index (χ0v) is 13.4. The van der Waals surface area contributed by atoms with Gasteiger partial charge in [-0.1, -0.05) is 50.2 Å². The second-order valence-corrected chi connectivity index (χ2v) is 5.94. The lowest BCUT2D eigenvalue weighted by atomic mass is 10.00. The summed E-state index contributed by atoms with van der Waals surface area (Å²) in [4.78, 5) is 15.1. The van der Waals surface area contributed by atoms with Gasteiger partial charge >= 0.3 is 0 Å². The summed E-state index contributed by atoms with van der Waals surface area (Å²) in [6, 6.07) is 16.6. The van der Waals surface area contributed by atoms with Gasteiger partial charge in [0.1, 0.15) is 0 Å². The molecule has 0 bridgehead atoms. The first-order chi connectivity index (χ1) is 10.8. The Balaban J connectivity index is 2.16.